The van der Waals surface area contributed by atoms with Gasteiger partial charge in [0.05, 0.1) is 6.04 Å². The predicted molar refractivity (Wildman–Crippen MR) is 143 cm³/mol. The molecule has 4 aromatic rings. The van der Waals surface area contributed by atoms with Crippen LogP contribution in [0.3, 0.4) is 0 Å². The molecule has 0 fully saturated rings. The molecule has 0 heterocycles. The van der Waals surface area contributed by atoms with Crippen LogP contribution < -0.4 is 4.90 Å². The molecule has 2 aliphatic carbocycles. The van der Waals surface area contributed by atoms with Crippen molar-refractivity contribution < 1.29 is 0 Å². The molecular weight excluding hydrogens is 398 g/mol. The number of hydrogen-bond acceptors (Lipinski definition) is 1. The third kappa shape index (κ3) is 3.16. The molecule has 0 spiro atoms. The number of rotatable bonds is 5. The molecule has 158 valence electrons. The maximum atomic E-state index is 3.91. The number of benzene rings is 4. The van der Waals surface area contributed by atoms with Crippen LogP contribution in [0, 0.1) is 0 Å². The maximum Gasteiger partial charge on any atom is 0.0785 e. The van der Waals surface area contributed by atoms with Gasteiger partial charge in [-0.1, -0.05) is 98.1 Å². The fourth-order valence-electron chi connectivity index (χ4n) is 5.21. The monoisotopic (exact) mass is 423 g/mol. The van der Waals surface area contributed by atoms with Crippen LogP contribution in [-0.2, 0) is 6.42 Å². The minimum atomic E-state index is 0.0943. The Morgan fingerprint density at radius 2 is 1.42 bits per heavy atom. The van der Waals surface area contributed by atoms with E-state index in [-0.39, 0.29) is 6.04 Å². The fraction of sp³-hybridized carbons (Fsp3) is 0.0625. The Hall–Kier alpha value is -4.10. The second-order valence-electron chi connectivity index (χ2n) is 8.67. The summed E-state index contributed by atoms with van der Waals surface area (Å²) < 4.78 is 0. The van der Waals surface area contributed by atoms with Crippen molar-refractivity contribution in [3.63, 3.8) is 0 Å². The molecule has 1 atom stereocenters. The van der Waals surface area contributed by atoms with Crippen molar-refractivity contribution >= 4 is 39.9 Å². The molecule has 2 aliphatic rings. The minimum absolute atomic E-state index is 0.0943. The van der Waals surface area contributed by atoms with E-state index in [1.54, 1.807) is 0 Å². The van der Waals surface area contributed by atoms with Crippen molar-refractivity contribution in [2.45, 2.75) is 12.5 Å². The first kappa shape index (κ1) is 19.6. The van der Waals surface area contributed by atoms with E-state index in [2.05, 4.69) is 115 Å². The number of hydrogen-bond donors (Lipinski definition) is 0. The molecule has 0 amide bonds. The van der Waals surface area contributed by atoms with E-state index in [1.165, 1.54) is 33.0 Å². The summed E-state index contributed by atoms with van der Waals surface area (Å²) in [4.78, 5) is 2.43. The summed E-state index contributed by atoms with van der Waals surface area (Å²) >= 11 is 0. The van der Waals surface area contributed by atoms with Crippen LogP contribution in [0.15, 0.2) is 110 Å². The highest BCUT2D eigenvalue weighted by atomic mass is 15.2. The van der Waals surface area contributed by atoms with Gasteiger partial charge in [-0.05, 0) is 74.8 Å². The van der Waals surface area contributed by atoms with Gasteiger partial charge in [-0.2, -0.15) is 0 Å². The van der Waals surface area contributed by atoms with Gasteiger partial charge >= 0.3 is 0 Å². The molecule has 0 radical (unpaired) electrons. The minimum Gasteiger partial charge on any atom is -0.330 e. The van der Waals surface area contributed by atoms with Gasteiger partial charge in [0.2, 0.25) is 0 Å². The van der Waals surface area contributed by atoms with Gasteiger partial charge < -0.3 is 4.90 Å². The lowest BCUT2D eigenvalue weighted by molar-refractivity contribution is 0.843. The zero-order chi connectivity index (χ0) is 22.4. The summed E-state index contributed by atoms with van der Waals surface area (Å²) in [5.74, 6) is 0. The lowest BCUT2D eigenvalue weighted by Gasteiger charge is -2.37. The van der Waals surface area contributed by atoms with Crippen LogP contribution in [0.4, 0.5) is 11.4 Å². The van der Waals surface area contributed by atoms with E-state index in [9.17, 15) is 0 Å². The van der Waals surface area contributed by atoms with E-state index in [0.29, 0.717) is 0 Å². The van der Waals surface area contributed by atoms with E-state index in [1.807, 2.05) is 12.2 Å². The highest BCUT2D eigenvalue weighted by Gasteiger charge is 2.29. The Morgan fingerprint density at radius 3 is 2.06 bits per heavy atom. The van der Waals surface area contributed by atoms with Crippen molar-refractivity contribution in [1.82, 2.24) is 0 Å². The lowest BCUT2D eigenvalue weighted by Crippen LogP contribution is -2.25. The summed E-state index contributed by atoms with van der Waals surface area (Å²) in [6.07, 6.45) is 11.8. The summed E-state index contributed by atoms with van der Waals surface area (Å²) in [6, 6.07) is 28.7. The first-order valence-corrected chi connectivity index (χ1v) is 11.4. The van der Waals surface area contributed by atoms with Gasteiger partial charge in [0.25, 0.3) is 0 Å². The van der Waals surface area contributed by atoms with Crippen LogP contribution in [0.2, 0.25) is 0 Å². The average molecular weight is 424 g/mol. The zero-order valence-electron chi connectivity index (χ0n) is 18.5. The first-order chi connectivity index (χ1) is 16.3. The summed E-state index contributed by atoms with van der Waals surface area (Å²) in [7, 11) is 0. The average Bonchev–Trinajstić information content (AvgIpc) is 2.89. The van der Waals surface area contributed by atoms with E-state index in [0.717, 1.165) is 28.9 Å². The highest BCUT2D eigenvalue weighted by molar-refractivity contribution is 6.02. The number of allylic oxidation sites excluding steroid dienone is 3. The number of nitrogens with zero attached hydrogens (tertiary/aromatic N) is 1. The number of anilines is 2. The molecule has 1 nitrogen and oxygen atoms in total. The molecule has 0 saturated carbocycles. The van der Waals surface area contributed by atoms with Gasteiger partial charge in [0.1, 0.15) is 0 Å². The molecule has 6 rings (SSSR count). The zero-order valence-corrected chi connectivity index (χ0v) is 18.5. The Bertz CT molecular complexity index is 1400. The quantitative estimate of drug-likeness (QED) is 0.311. The molecule has 0 aromatic heterocycles. The largest absolute Gasteiger partial charge is 0.330 e. The standard InChI is InChI=1S/C32H25N/c1-3-22-8-16-27(17-9-22)33(28-18-10-23(4-2)11-19-28)30-21-15-26-13-12-24-6-5-7-25-14-20-29(30)32(26)31(24)25/h3-11,13-21,30H,1-2,12H2. The van der Waals surface area contributed by atoms with Crippen LogP contribution in [0.5, 0.6) is 0 Å². The van der Waals surface area contributed by atoms with Crippen LogP contribution in [-0.4, -0.2) is 0 Å². The molecule has 4 aromatic carbocycles. The molecule has 33 heavy (non-hydrogen) atoms. The third-order valence-electron chi connectivity index (χ3n) is 6.86. The van der Waals surface area contributed by atoms with Gasteiger partial charge in [0, 0.05) is 11.4 Å². The van der Waals surface area contributed by atoms with Crippen molar-refractivity contribution in [2.75, 3.05) is 4.90 Å². The van der Waals surface area contributed by atoms with Crippen molar-refractivity contribution in [3.8, 4) is 0 Å². The van der Waals surface area contributed by atoms with Crippen molar-refractivity contribution in [1.29, 1.82) is 0 Å². The van der Waals surface area contributed by atoms with Crippen molar-refractivity contribution in [3.05, 3.63) is 138 Å². The SMILES string of the molecule is C=Cc1ccc(N(c2ccc(C=C)cc2)C2C=CC3=CCc4cccc5ccc2c3c45)cc1. The molecule has 1 heteroatoms. The summed E-state index contributed by atoms with van der Waals surface area (Å²) in [6.45, 7) is 7.83. The van der Waals surface area contributed by atoms with Gasteiger partial charge in [-0.25, -0.2) is 0 Å². The molecular formula is C32H25N. The maximum absolute atomic E-state index is 3.91. The highest BCUT2D eigenvalue weighted by Crippen LogP contribution is 2.46. The third-order valence-corrected chi connectivity index (χ3v) is 6.86. The predicted octanol–water partition coefficient (Wildman–Crippen LogP) is 8.51. The van der Waals surface area contributed by atoms with Gasteiger partial charge in [-0.15, -0.1) is 0 Å². The van der Waals surface area contributed by atoms with E-state index < -0.39 is 0 Å². The molecule has 0 N–H and O–H groups in total. The second-order valence-corrected chi connectivity index (χ2v) is 8.67. The van der Waals surface area contributed by atoms with Crippen molar-refractivity contribution in [2.24, 2.45) is 0 Å². The topological polar surface area (TPSA) is 3.24 Å². The Kier molecular flexibility index (Phi) is 4.62. The van der Waals surface area contributed by atoms with Crippen LogP contribution >= 0.6 is 0 Å². The Labute approximate surface area is 195 Å². The first-order valence-electron chi connectivity index (χ1n) is 11.4. The molecule has 0 bridgehead atoms. The summed E-state index contributed by atoms with van der Waals surface area (Å²) in [5, 5.41) is 2.73. The Balaban J connectivity index is 1.57. The fourth-order valence-corrected chi connectivity index (χ4v) is 5.21. The second kappa shape index (κ2) is 7.79. The smallest absolute Gasteiger partial charge is 0.0785 e. The van der Waals surface area contributed by atoms with Gasteiger partial charge in [0.15, 0.2) is 0 Å². The lowest BCUT2D eigenvalue weighted by atomic mass is 9.79. The van der Waals surface area contributed by atoms with Gasteiger partial charge in [-0.3, -0.25) is 0 Å². The van der Waals surface area contributed by atoms with Crippen LogP contribution in [0.1, 0.15) is 33.9 Å². The normalized spacial score (nSPS) is 15.8. The molecule has 0 saturated heterocycles. The molecule has 0 aliphatic heterocycles. The van der Waals surface area contributed by atoms with E-state index >= 15 is 0 Å². The molecule has 1 unspecified atom stereocenters. The van der Waals surface area contributed by atoms with E-state index in [4.69, 9.17) is 0 Å². The Morgan fingerprint density at radius 1 is 0.758 bits per heavy atom. The summed E-state index contributed by atoms with van der Waals surface area (Å²) in [5.41, 5.74) is 10.1. The van der Waals surface area contributed by atoms with Crippen LogP contribution in [0.25, 0.3) is 28.5 Å².